The number of hydrogen-bond acceptors (Lipinski definition) is 9. The van der Waals surface area contributed by atoms with Gasteiger partial charge in [0.25, 0.3) is 0 Å². The molecule has 3 heterocycles. The van der Waals surface area contributed by atoms with Crippen molar-refractivity contribution in [2.24, 2.45) is 0 Å². The van der Waals surface area contributed by atoms with E-state index in [-0.39, 0.29) is 12.4 Å². The summed E-state index contributed by atoms with van der Waals surface area (Å²) < 4.78 is 53.6. The number of alkyl halides is 1. The highest BCUT2D eigenvalue weighted by Gasteiger charge is 2.48. The smallest absolute Gasteiger partial charge is 0.327 e. The van der Waals surface area contributed by atoms with E-state index in [1.807, 2.05) is 0 Å². The minimum atomic E-state index is -2.42. The topological polar surface area (TPSA) is 131 Å². The Bertz CT molecular complexity index is 776. The fraction of sp³-hybridized carbons (Fsp3) is 0.545. The monoisotopic (exact) mass is 377 g/mol. The molecule has 24 heavy (non-hydrogen) atoms. The van der Waals surface area contributed by atoms with Gasteiger partial charge in [0.2, 0.25) is 0 Å². The summed E-state index contributed by atoms with van der Waals surface area (Å²) in [6, 6.07) is 0. The Labute approximate surface area is 137 Å². The van der Waals surface area contributed by atoms with Gasteiger partial charge in [0.05, 0.1) is 12.9 Å². The lowest BCUT2D eigenvalue weighted by Crippen LogP contribution is -2.32. The van der Waals surface area contributed by atoms with Crippen molar-refractivity contribution in [3.63, 3.8) is 0 Å². The van der Waals surface area contributed by atoms with Crippen LogP contribution in [0.3, 0.4) is 0 Å². The number of fused-ring (bicyclic) bond motifs is 1. The first-order chi connectivity index (χ1) is 11.5. The maximum absolute atomic E-state index is 14.9. The van der Waals surface area contributed by atoms with E-state index >= 15 is 0 Å². The van der Waals surface area contributed by atoms with Gasteiger partial charge in [-0.15, -0.1) is 0 Å². The molecule has 1 aliphatic heterocycles. The minimum Gasteiger partial charge on any atom is -0.382 e. The third kappa shape index (κ3) is 3.18. The van der Waals surface area contributed by atoms with Crippen LogP contribution in [0.1, 0.15) is 6.23 Å². The fourth-order valence-electron chi connectivity index (χ4n) is 2.54. The molecule has 0 amide bonds. The summed E-state index contributed by atoms with van der Waals surface area (Å²) in [6.07, 6.45) is -2.26. The Balaban J connectivity index is 1.93. The van der Waals surface area contributed by atoms with Gasteiger partial charge in [-0.3, -0.25) is 13.7 Å². The van der Waals surface area contributed by atoms with Crippen molar-refractivity contribution in [3.05, 3.63) is 12.7 Å². The van der Waals surface area contributed by atoms with Crippen LogP contribution in [0.15, 0.2) is 12.7 Å². The lowest BCUT2D eigenvalue weighted by atomic mass is 10.1. The van der Waals surface area contributed by atoms with E-state index in [4.69, 9.17) is 19.5 Å². The van der Waals surface area contributed by atoms with Crippen molar-refractivity contribution in [1.29, 1.82) is 0 Å². The van der Waals surface area contributed by atoms with Gasteiger partial charge in [-0.05, 0) is 0 Å². The van der Waals surface area contributed by atoms with Crippen molar-refractivity contribution < 1.29 is 27.3 Å². The molecule has 1 saturated heterocycles. The zero-order valence-corrected chi connectivity index (χ0v) is 14.3. The van der Waals surface area contributed by atoms with E-state index < -0.39 is 41.3 Å². The Morgan fingerprint density at radius 3 is 3.00 bits per heavy atom. The molecule has 1 aliphatic rings. The van der Waals surface area contributed by atoms with Gasteiger partial charge in [-0.25, -0.2) is 23.9 Å². The van der Waals surface area contributed by atoms with E-state index in [0.717, 1.165) is 0 Å². The molecule has 1 unspecified atom stereocenters. The summed E-state index contributed by atoms with van der Waals surface area (Å²) in [4.78, 5) is 11.9. The van der Waals surface area contributed by atoms with Crippen molar-refractivity contribution in [1.82, 2.24) is 19.5 Å². The zero-order valence-electron chi connectivity index (χ0n) is 12.4. The molecular formula is C11H14FN5O5P2. The van der Waals surface area contributed by atoms with Crippen LogP contribution < -0.4 is 5.73 Å². The largest absolute Gasteiger partial charge is 0.382 e. The molecule has 0 aliphatic carbocycles. The lowest BCUT2D eigenvalue weighted by molar-refractivity contribution is -0.0367. The molecule has 10 nitrogen and oxygen atoms in total. The predicted molar refractivity (Wildman–Crippen MR) is 81.9 cm³/mol. The highest BCUT2D eigenvalue weighted by Crippen LogP contribution is 2.39. The third-order valence-corrected chi connectivity index (χ3v) is 4.38. The van der Waals surface area contributed by atoms with Gasteiger partial charge >= 0.3 is 8.69 Å². The average molecular weight is 377 g/mol. The first-order valence-electron chi connectivity index (χ1n) is 6.87. The Morgan fingerprint density at radius 1 is 1.50 bits per heavy atom. The van der Waals surface area contributed by atoms with Gasteiger partial charge in [0, 0.05) is 6.66 Å². The van der Waals surface area contributed by atoms with Gasteiger partial charge in [-0.1, -0.05) is 0 Å². The minimum absolute atomic E-state index is 0.156. The summed E-state index contributed by atoms with van der Waals surface area (Å²) in [5.74, 6) is 0.156. The first-order valence-corrected chi connectivity index (χ1v) is 9.42. The van der Waals surface area contributed by atoms with Gasteiger partial charge < -0.3 is 15.0 Å². The number of rotatable bonds is 6. The van der Waals surface area contributed by atoms with Crippen molar-refractivity contribution in [2.45, 2.75) is 24.6 Å². The summed E-state index contributed by atoms with van der Waals surface area (Å²) >= 11 is 0. The molecule has 0 radical (unpaired) electrons. The standard InChI is InChI=1S/C11H14FN5O5P2/c1-24(19)22-8-5(2-20-23-18)21-11(6(8)12)17-4-16-7-9(13)14-3-15-10(7)17/h3-6,8,11,24H,2H2,1H3,(H2,13,14,15)/t5-,6-,8-,11-/m1/s1. The van der Waals surface area contributed by atoms with Crippen LogP contribution in [0.2, 0.25) is 0 Å². The normalized spacial score (nSPS) is 28.6. The van der Waals surface area contributed by atoms with Crippen molar-refractivity contribution in [3.8, 4) is 0 Å². The summed E-state index contributed by atoms with van der Waals surface area (Å²) in [6.45, 7) is 1.15. The van der Waals surface area contributed by atoms with E-state index in [0.29, 0.717) is 11.2 Å². The van der Waals surface area contributed by atoms with Crippen LogP contribution in [0.5, 0.6) is 0 Å². The number of hydrogen-bond donors (Lipinski definition) is 1. The first kappa shape index (κ1) is 17.3. The second-order valence-electron chi connectivity index (χ2n) is 5.04. The van der Waals surface area contributed by atoms with E-state index in [2.05, 4.69) is 15.0 Å². The molecule has 2 aromatic heterocycles. The summed E-state index contributed by atoms with van der Waals surface area (Å²) in [5, 5.41) is 0. The van der Waals surface area contributed by atoms with Crippen LogP contribution >= 0.6 is 16.7 Å². The molecule has 2 aromatic rings. The predicted octanol–water partition coefficient (Wildman–Crippen LogP) is 1.36. The zero-order chi connectivity index (χ0) is 17.3. The molecule has 2 N–H and O–H groups in total. The van der Waals surface area contributed by atoms with E-state index in [1.54, 1.807) is 0 Å². The second-order valence-corrected chi connectivity index (χ2v) is 6.66. The van der Waals surface area contributed by atoms with Crippen LogP contribution in [-0.4, -0.2) is 51.2 Å². The van der Waals surface area contributed by atoms with Crippen LogP contribution in [-0.2, 0) is 22.9 Å². The number of aromatic nitrogens is 4. The molecule has 130 valence electrons. The molecule has 0 spiro atoms. The molecule has 0 saturated carbocycles. The second kappa shape index (κ2) is 7.16. The van der Waals surface area contributed by atoms with Crippen LogP contribution in [0.25, 0.3) is 11.2 Å². The molecule has 5 atom stereocenters. The number of nitrogens with two attached hydrogens (primary N) is 1. The maximum Gasteiger partial charge on any atom is 0.327 e. The molecule has 3 rings (SSSR count). The fourth-order valence-corrected chi connectivity index (χ4v) is 3.42. The highest BCUT2D eigenvalue weighted by atomic mass is 31.1. The van der Waals surface area contributed by atoms with Crippen molar-refractivity contribution in [2.75, 3.05) is 19.0 Å². The van der Waals surface area contributed by atoms with Crippen molar-refractivity contribution >= 4 is 33.7 Å². The Kier molecular flexibility index (Phi) is 5.17. The van der Waals surface area contributed by atoms with Crippen LogP contribution in [0.4, 0.5) is 10.2 Å². The van der Waals surface area contributed by atoms with Crippen LogP contribution in [0, 0.1) is 0 Å². The molecule has 0 bridgehead atoms. The summed E-state index contributed by atoms with van der Waals surface area (Å²) in [5.41, 5.74) is 6.32. The molecule has 13 heteroatoms. The molecule has 1 fully saturated rings. The number of anilines is 1. The molecule has 0 aromatic carbocycles. The van der Waals surface area contributed by atoms with E-state index in [1.165, 1.54) is 23.9 Å². The maximum atomic E-state index is 14.9. The lowest BCUT2D eigenvalue weighted by Gasteiger charge is -2.17. The Morgan fingerprint density at radius 2 is 2.29 bits per heavy atom. The van der Waals surface area contributed by atoms with Gasteiger partial charge in [-0.2, -0.15) is 0 Å². The molecular weight excluding hydrogens is 363 g/mol. The highest BCUT2D eigenvalue weighted by molar-refractivity contribution is 7.38. The average Bonchev–Trinajstić information content (AvgIpc) is 3.09. The third-order valence-electron chi connectivity index (χ3n) is 3.52. The van der Waals surface area contributed by atoms with Gasteiger partial charge in [0.15, 0.2) is 31.9 Å². The SMILES string of the molecule is C[PH](=O)O[C@H]1[C@@H](F)[C@H](n2cnc3c(N)ncnc32)O[C@@H]1COP=O. The quantitative estimate of drug-likeness (QED) is 0.741. The van der Waals surface area contributed by atoms with E-state index in [9.17, 15) is 13.5 Å². The van der Waals surface area contributed by atoms with Gasteiger partial charge in [0.1, 0.15) is 24.1 Å². The Hall–Kier alpha value is -1.51. The number of imidazole rings is 1. The number of nitrogens with zero attached hydrogens (tertiary/aromatic N) is 4. The number of halogens is 1. The number of ether oxygens (including phenoxy) is 1. The summed E-state index contributed by atoms with van der Waals surface area (Å²) in [7, 11) is -3.00. The number of nitrogen functional groups attached to an aromatic ring is 1.